The molecule has 39 heavy (non-hydrogen) atoms. The predicted octanol–water partition coefficient (Wildman–Crippen LogP) is 3.63. The zero-order valence-corrected chi connectivity index (χ0v) is 22.3. The predicted molar refractivity (Wildman–Crippen MR) is 144 cm³/mol. The molecule has 13 heteroatoms. The zero-order valence-electron chi connectivity index (χ0n) is 20.8. The average Bonchev–Trinajstić information content (AvgIpc) is 3.56. The normalized spacial score (nSPS) is 23.2. The Kier molecular flexibility index (Phi) is 8.95. The van der Waals surface area contributed by atoms with Crippen molar-refractivity contribution in [1.29, 1.82) is 0 Å². The van der Waals surface area contributed by atoms with Crippen LogP contribution in [0.5, 0.6) is 0 Å². The monoisotopic (exact) mass is 576 g/mol. The molecule has 1 saturated heterocycles. The first-order valence-corrected chi connectivity index (χ1v) is 13.1. The summed E-state index contributed by atoms with van der Waals surface area (Å²) in [4.78, 5) is 25.4. The van der Waals surface area contributed by atoms with Crippen molar-refractivity contribution in [1.82, 2.24) is 0 Å². The van der Waals surface area contributed by atoms with Gasteiger partial charge in [0.1, 0.15) is 13.2 Å². The van der Waals surface area contributed by atoms with Crippen LogP contribution in [0.15, 0.2) is 58.7 Å². The van der Waals surface area contributed by atoms with Gasteiger partial charge in [-0.2, -0.15) is 10.2 Å². The van der Waals surface area contributed by atoms with Crippen LogP contribution >= 0.6 is 23.2 Å². The van der Waals surface area contributed by atoms with Crippen LogP contribution in [-0.4, -0.2) is 75.5 Å². The minimum Gasteiger partial charge on any atom is -0.458 e. The van der Waals surface area contributed by atoms with E-state index in [0.717, 1.165) is 0 Å². The van der Waals surface area contributed by atoms with Crippen molar-refractivity contribution in [3.05, 3.63) is 58.6 Å². The lowest BCUT2D eigenvalue weighted by Crippen LogP contribution is -2.31. The number of anilines is 2. The van der Waals surface area contributed by atoms with Crippen LogP contribution in [0.4, 0.5) is 11.4 Å². The number of rotatable bonds is 2. The van der Waals surface area contributed by atoms with E-state index in [1.54, 1.807) is 58.5 Å². The van der Waals surface area contributed by atoms with Crippen LogP contribution in [0.1, 0.15) is 12.8 Å². The molecular weight excluding hydrogens is 551 g/mol. The minimum atomic E-state index is -0.620. The van der Waals surface area contributed by atoms with Crippen molar-refractivity contribution < 1.29 is 33.3 Å². The summed E-state index contributed by atoms with van der Waals surface area (Å²) in [6, 6.07) is 14.1. The van der Waals surface area contributed by atoms with Gasteiger partial charge in [0.15, 0.2) is 23.9 Å². The first-order valence-electron chi connectivity index (χ1n) is 12.4. The Morgan fingerprint density at radius 2 is 1.03 bits per heavy atom. The Balaban J connectivity index is 1.27. The number of carbonyl (C=O) groups is 2. The standard InChI is InChI=1S/C26H26Cl2N4O7/c27-17-1-5-19(6-2-17)31-23-15-21(29-31)25(33)38-13-14-39-26(34)22-16-24(37-12-10-35-9-11-36-23)32(30-22)20-7-3-18(28)4-8-20/h1-8,23-24H,9-16H2/t23-,24-/m1/s1. The van der Waals surface area contributed by atoms with E-state index in [4.69, 9.17) is 46.9 Å². The molecule has 11 nitrogen and oxygen atoms in total. The summed E-state index contributed by atoms with van der Waals surface area (Å²) in [6.45, 7) is 0.850. The fourth-order valence-corrected chi connectivity index (χ4v) is 4.39. The first kappa shape index (κ1) is 27.4. The molecule has 0 spiro atoms. The van der Waals surface area contributed by atoms with E-state index in [-0.39, 0.29) is 50.7 Å². The largest absolute Gasteiger partial charge is 0.458 e. The maximum atomic E-state index is 12.7. The molecule has 206 valence electrons. The van der Waals surface area contributed by atoms with Crippen molar-refractivity contribution in [3.63, 3.8) is 0 Å². The summed E-state index contributed by atoms with van der Waals surface area (Å²) in [5.74, 6) is -1.24. The second kappa shape index (κ2) is 12.8. The number of ether oxygens (including phenoxy) is 5. The summed E-state index contributed by atoms with van der Waals surface area (Å²) in [7, 11) is 0. The van der Waals surface area contributed by atoms with Crippen LogP contribution in [-0.2, 0) is 33.3 Å². The Hall–Kier alpha value is -3.22. The first-order chi connectivity index (χ1) is 19.0. The Bertz CT molecular complexity index is 1140. The lowest BCUT2D eigenvalue weighted by atomic mass is 10.2. The molecule has 0 aliphatic carbocycles. The summed E-state index contributed by atoms with van der Waals surface area (Å²) in [5, 5.41) is 13.2. The third kappa shape index (κ3) is 6.87. The lowest BCUT2D eigenvalue weighted by molar-refractivity contribution is -0.143. The van der Waals surface area contributed by atoms with Gasteiger partial charge in [-0.25, -0.2) is 19.6 Å². The second-order valence-electron chi connectivity index (χ2n) is 8.68. The van der Waals surface area contributed by atoms with E-state index in [1.807, 2.05) is 0 Å². The molecule has 0 N–H and O–H groups in total. The van der Waals surface area contributed by atoms with Gasteiger partial charge in [0.05, 0.1) is 37.8 Å². The maximum absolute atomic E-state index is 12.7. The van der Waals surface area contributed by atoms with Gasteiger partial charge in [0.2, 0.25) is 0 Å². The van der Waals surface area contributed by atoms with E-state index in [2.05, 4.69) is 10.2 Å². The van der Waals surface area contributed by atoms with Crippen molar-refractivity contribution >= 4 is 57.9 Å². The van der Waals surface area contributed by atoms with Crippen LogP contribution < -0.4 is 10.0 Å². The molecule has 0 radical (unpaired) electrons. The lowest BCUT2D eigenvalue weighted by Gasteiger charge is -2.24. The van der Waals surface area contributed by atoms with Gasteiger partial charge in [-0.1, -0.05) is 23.2 Å². The number of hydrazone groups is 2. The highest BCUT2D eigenvalue weighted by Gasteiger charge is 2.34. The number of hydrogen-bond donors (Lipinski definition) is 0. The Labute approximate surface area is 234 Å². The third-order valence-corrected chi connectivity index (χ3v) is 6.52. The summed E-state index contributed by atoms with van der Waals surface area (Å²) >= 11 is 12.0. The highest BCUT2D eigenvalue weighted by molar-refractivity contribution is 6.38. The fraction of sp³-hybridized carbons (Fsp3) is 0.385. The third-order valence-electron chi connectivity index (χ3n) is 6.02. The van der Waals surface area contributed by atoms with E-state index >= 15 is 0 Å². The molecule has 3 aliphatic rings. The highest BCUT2D eigenvalue weighted by Crippen LogP contribution is 2.28. The second-order valence-corrected chi connectivity index (χ2v) is 9.55. The van der Waals surface area contributed by atoms with Gasteiger partial charge in [-0.05, 0) is 48.5 Å². The number of esters is 2. The van der Waals surface area contributed by atoms with Crippen molar-refractivity contribution in [2.24, 2.45) is 10.2 Å². The van der Waals surface area contributed by atoms with Gasteiger partial charge < -0.3 is 23.7 Å². The quantitative estimate of drug-likeness (QED) is 0.494. The Morgan fingerprint density at radius 1 is 0.615 bits per heavy atom. The van der Waals surface area contributed by atoms with Crippen LogP contribution in [0.3, 0.4) is 0 Å². The van der Waals surface area contributed by atoms with Gasteiger partial charge in [0.25, 0.3) is 0 Å². The van der Waals surface area contributed by atoms with E-state index < -0.39 is 24.4 Å². The highest BCUT2D eigenvalue weighted by atomic mass is 35.5. The fourth-order valence-electron chi connectivity index (χ4n) is 4.14. The maximum Gasteiger partial charge on any atom is 0.354 e. The van der Waals surface area contributed by atoms with Crippen LogP contribution in [0.2, 0.25) is 10.0 Å². The number of cyclic esters (lactones) is 2. The van der Waals surface area contributed by atoms with Crippen molar-refractivity contribution in [2.75, 3.05) is 49.7 Å². The average molecular weight is 577 g/mol. The topological polar surface area (TPSA) is 111 Å². The molecule has 2 atom stereocenters. The Morgan fingerprint density at radius 3 is 1.44 bits per heavy atom. The SMILES string of the molecule is O=C1OCCOC(=O)C2=NN(c3ccc(Cl)cc3)[C@@H](C2)OCCOCCO[C@@H]2CC1=NN2c1ccc(Cl)cc1. The molecular formula is C26H26Cl2N4O7. The van der Waals surface area contributed by atoms with E-state index in [9.17, 15) is 9.59 Å². The number of carbonyl (C=O) groups excluding carboxylic acids is 2. The number of fused-ring (bicyclic) bond motifs is 4. The molecule has 0 amide bonds. The molecule has 0 unspecified atom stereocenters. The number of hydrogen-bond acceptors (Lipinski definition) is 11. The summed E-state index contributed by atoms with van der Waals surface area (Å²) in [6.07, 6.45) is -0.641. The van der Waals surface area contributed by atoms with Gasteiger partial charge in [-0.3, -0.25) is 0 Å². The summed E-state index contributed by atoms with van der Waals surface area (Å²) < 4.78 is 28.3. The van der Waals surface area contributed by atoms with Crippen LogP contribution in [0.25, 0.3) is 0 Å². The van der Waals surface area contributed by atoms with Gasteiger partial charge >= 0.3 is 11.9 Å². The molecule has 2 aromatic rings. The van der Waals surface area contributed by atoms with Crippen molar-refractivity contribution in [2.45, 2.75) is 25.3 Å². The molecule has 0 saturated carbocycles. The summed E-state index contributed by atoms with van der Waals surface area (Å²) in [5.41, 5.74) is 1.79. The molecule has 3 heterocycles. The van der Waals surface area contributed by atoms with Gasteiger partial charge in [-0.15, -0.1) is 0 Å². The molecule has 2 aromatic carbocycles. The zero-order chi connectivity index (χ0) is 27.2. The van der Waals surface area contributed by atoms with Crippen molar-refractivity contribution in [3.8, 4) is 0 Å². The molecule has 0 aromatic heterocycles. The smallest absolute Gasteiger partial charge is 0.354 e. The number of nitrogens with zero attached hydrogens (tertiary/aromatic N) is 4. The number of halogens is 2. The molecule has 5 rings (SSSR count). The molecule has 1 fully saturated rings. The molecule has 3 aliphatic heterocycles. The number of benzene rings is 2. The molecule has 4 bridgehead atoms. The minimum absolute atomic E-state index is 0.141. The van der Waals surface area contributed by atoms with E-state index in [0.29, 0.717) is 34.6 Å². The van der Waals surface area contributed by atoms with Gasteiger partial charge in [0, 0.05) is 22.9 Å². The van der Waals surface area contributed by atoms with E-state index in [1.165, 1.54) is 0 Å². The van der Waals surface area contributed by atoms with Crippen LogP contribution in [0, 0.1) is 0 Å².